The topological polar surface area (TPSA) is 92.3 Å². The molecule has 1 aromatic heterocycles. The zero-order valence-electron chi connectivity index (χ0n) is 17.2. The Labute approximate surface area is 210 Å². The second-order valence-corrected chi connectivity index (χ2v) is 11.8. The highest BCUT2D eigenvalue weighted by atomic mass is 35.5. The molecule has 0 saturated carbocycles. The summed E-state index contributed by atoms with van der Waals surface area (Å²) in [6.45, 7) is 0.523. The molecular weight excluding hydrogens is 527 g/mol. The number of nitrogens with one attached hydrogen (secondary N) is 1. The van der Waals surface area contributed by atoms with E-state index in [-0.39, 0.29) is 30.7 Å². The van der Waals surface area contributed by atoms with Gasteiger partial charge in [-0.2, -0.15) is 0 Å². The van der Waals surface area contributed by atoms with Gasteiger partial charge in [-0.3, -0.25) is 4.79 Å². The summed E-state index contributed by atoms with van der Waals surface area (Å²) in [6, 6.07) is 11.9. The molecule has 1 aliphatic heterocycles. The van der Waals surface area contributed by atoms with Crippen LogP contribution in [0.3, 0.4) is 0 Å². The molecule has 0 aliphatic carbocycles. The predicted octanol–water partition coefficient (Wildman–Crippen LogP) is 5.35. The molecule has 1 fully saturated rings. The highest BCUT2D eigenvalue weighted by Gasteiger charge is 2.32. The van der Waals surface area contributed by atoms with Crippen LogP contribution in [0.25, 0.3) is 10.6 Å². The molecule has 3 aromatic rings. The third-order valence-corrected chi connectivity index (χ3v) is 8.87. The van der Waals surface area contributed by atoms with E-state index in [0.29, 0.717) is 43.6 Å². The molecule has 1 amide bonds. The zero-order chi connectivity index (χ0) is 23.6. The number of halogens is 3. The molecule has 0 bridgehead atoms. The lowest BCUT2D eigenvalue weighted by Gasteiger charge is -2.30. The first kappa shape index (κ1) is 24.4. The first-order valence-electron chi connectivity index (χ1n) is 10.0. The number of hydrogen-bond donors (Lipinski definition) is 1. The number of piperidine rings is 1. The third kappa shape index (κ3) is 6.03. The van der Waals surface area contributed by atoms with Crippen LogP contribution >= 0.6 is 46.1 Å². The summed E-state index contributed by atoms with van der Waals surface area (Å²) in [7, 11) is -3.57. The van der Waals surface area contributed by atoms with Gasteiger partial charge in [0.05, 0.1) is 5.75 Å². The number of rotatable bonds is 6. The molecule has 33 heavy (non-hydrogen) atoms. The standard InChI is InChI=1S/C21H19Cl3N4O3S2/c22-16-4-1-14(2-5-16)20-26-27-21(32-20)25-19(29)13-7-9-28(10-8-13)33(30,31)12-15-3-6-17(23)11-18(15)24/h1-6,11,13H,7-10,12H2,(H,25,27,29). The molecule has 0 atom stereocenters. The lowest BCUT2D eigenvalue weighted by molar-refractivity contribution is -0.120. The van der Waals surface area contributed by atoms with Gasteiger partial charge in [0, 0.05) is 39.6 Å². The number of carbonyl (C=O) groups is 1. The van der Waals surface area contributed by atoms with Gasteiger partial charge in [-0.25, -0.2) is 12.7 Å². The number of anilines is 1. The fourth-order valence-electron chi connectivity index (χ4n) is 3.51. The van der Waals surface area contributed by atoms with Crippen molar-refractivity contribution < 1.29 is 13.2 Å². The van der Waals surface area contributed by atoms with Crippen molar-refractivity contribution in [2.24, 2.45) is 5.92 Å². The Balaban J connectivity index is 1.33. The van der Waals surface area contributed by atoms with Crippen molar-refractivity contribution >= 4 is 67.2 Å². The van der Waals surface area contributed by atoms with Gasteiger partial charge in [0.2, 0.25) is 21.1 Å². The van der Waals surface area contributed by atoms with E-state index in [4.69, 9.17) is 34.8 Å². The lowest BCUT2D eigenvalue weighted by atomic mass is 9.97. The van der Waals surface area contributed by atoms with Crippen LogP contribution in [0.5, 0.6) is 0 Å². The smallest absolute Gasteiger partial charge is 0.229 e. The maximum absolute atomic E-state index is 12.8. The summed E-state index contributed by atoms with van der Waals surface area (Å²) in [5, 5.41) is 13.4. The van der Waals surface area contributed by atoms with Gasteiger partial charge in [0.25, 0.3) is 0 Å². The van der Waals surface area contributed by atoms with Crippen LogP contribution in [-0.4, -0.2) is 41.9 Å². The summed E-state index contributed by atoms with van der Waals surface area (Å²) in [5.41, 5.74) is 1.35. The molecular formula is C21H19Cl3N4O3S2. The lowest BCUT2D eigenvalue weighted by Crippen LogP contribution is -2.41. The van der Waals surface area contributed by atoms with Gasteiger partial charge in [-0.1, -0.05) is 64.3 Å². The number of hydrogen-bond acceptors (Lipinski definition) is 6. The van der Waals surface area contributed by atoms with Gasteiger partial charge < -0.3 is 5.32 Å². The van der Waals surface area contributed by atoms with E-state index in [0.717, 1.165) is 5.56 Å². The van der Waals surface area contributed by atoms with Crippen LogP contribution in [0, 0.1) is 5.92 Å². The van der Waals surface area contributed by atoms with E-state index in [1.54, 1.807) is 24.3 Å². The quantitative estimate of drug-likeness (QED) is 0.451. The molecule has 174 valence electrons. The second-order valence-electron chi connectivity index (χ2n) is 7.57. The van der Waals surface area contributed by atoms with Crippen molar-refractivity contribution in [3.05, 3.63) is 63.1 Å². The number of nitrogens with zero attached hydrogens (tertiary/aromatic N) is 3. The molecule has 4 rings (SSSR count). The summed E-state index contributed by atoms with van der Waals surface area (Å²) >= 11 is 19.2. The van der Waals surface area contributed by atoms with E-state index in [1.165, 1.54) is 21.7 Å². The van der Waals surface area contributed by atoms with Crippen molar-refractivity contribution in [2.45, 2.75) is 18.6 Å². The minimum atomic E-state index is -3.57. The SMILES string of the molecule is O=C(Nc1nnc(-c2ccc(Cl)cc2)s1)C1CCN(S(=O)(=O)Cc2ccc(Cl)cc2Cl)CC1. The van der Waals surface area contributed by atoms with Crippen molar-refractivity contribution in [1.29, 1.82) is 0 Å². The summed E-state index contributed by atoms with van der Waals surface area (Å²) in [5.74, 6) is -0.706. The molecule has 2 heterocycles. The van der Waals surface area contributed by atoms with E-state index in [2.05, 4.69) is 15.5 Å². The van der Waals surface area contributed by atoms with Crippen molar-refractivity contribution in [3.63, 3.8) is 0 Å². The van der Waals surface area contributed by atoms with Crippen molar-refractivity contribution in [2.75, 3.05) is 18.4 Å². The molecule has 2 aromatic carbocycles. The van der Waals surface area contributed by atoms with Crippen molar-refractivity contribution in [1.82, 2.24) is 14.5 Å². The van der Waals surface area contributed by atoms with Crippen LogP contribution in [0.2, 0.25) is 15.1 Å². The Bertz CT molecular complexity index is 1260. The Hall–Kier alpha value is -1.75. The van der Waals surface area contributed by atoms with E-state index in [9.17, 15) is 13.2 Å². The van der Waals surface area contributed by atoms with Crippen LogP contribution in [-0.2, 0) is 20.6 Å². The average Bonchev–Trinajstić information content (AvgIpc) is 3.24. The van der Waals surface area contributed by atoms with Gasteiger partial charge in [-0.15, -0.1) is 10.2 Å². The molecule has 7 nitrogen and oxygen atoms in total. The molecule has 0 spiro atoms. The normalized spacial score (nSPS) is 15.5. The first-order valence-corrected chi connectivity index (χ1v) is 13.6. The monoisotopic (exact) mass is 544 g/mol. The minimum Gasteiger partial charge on any atom is -0.300 e. The largest absolute Gasteiger partial charge is 0.300 e. The fraction of sp³-hybridized carbons (Fsp3) is 0.286. The van der Waals surface area contributed by atoms with Gasteiger partial charge in [-0.05, 0) is 42.7 Å². The maximum Gasteiger partial charge on any atom is 0.229 e. The average molecular weight is 546 g/mol. The number of amides is 1. The number of benzene rings is 2. The van der Waals surface area contributed by atoms with Crippen LogP contribution in [0.1, 0.15) is 18.4 Å². The van der Waals surface area contributed by atoms with Gasteiger partial charge in [0.1, 0.15) is 5.01 Å². The van der Waals surface area contributed by atoms with Crippen LogP contribution in [0.15, 0.2) is 42.5 Å². The number of aromatic nitrogens is 2. The number of carbonyl (C=O) groups excluding carboxylic acids is 1. The van der Waals surface area contributed by atoms with E-state index >= 15 is 0 Å². The van der Waals surface area contributed by atoms with E-state index < -0.39 is 10.0 Å². The van der Waals surface area contributed by atoms with Crippen LogP contribution in [0.4, 0.5) is 5.13 Å². The highest BCUT2D eigenvalue weighted by Crippen LogP contribution is 2.29. The summed E-state index contributed by atoms with van der Waals surface area (Å²) < 4.78 is 27.1. The second kappa shape index (κ2) is 10.2. The Morgan fingerprint density at radius 1 is 1.03 bits per heavy atom. The molecule has 12 heteroatoms. The Morgan fingerprint density at radius 3 is 2.36 bits per heavy atom. The molecule has 0 radical (unpaired) electrons. The maximum atomic E-state index is 12.8. The zero-order valence-corrected chi connectivity index (χ0v) is 21.1. The van der Waals surface area contributed by atoms with Crippen LogP contribution < -0.4 is 5.32 Å². The Morgan fingerprint density at radius 2 is 1.70 bits per heavy atom. The third-order valence-electron chi connectivity index (χ3n) is 5.32. The summed E-state index contributed by atoms with van der Waals surface area (Å²) in [6.07, 6.45) is 0.838. The fourth-order valence-corrected chi connectivity index (χ4v) is 6.54. The predicted molar refractivity (Wildman–Crippen MR) is 132 cm³/mol. The minimum absolute atomic E-state index is 0.188. The molecule has 1 N–H and O–H groups in total. The Kier molecular flexibility index (Phi) is 7.57. The van der Waals surface area contributed by atoms with E-state index in [1.807, 2.05) is 12.1 Å². The summed E-state index contributed by atoms with van der Waals surface area (Å²) in [4.78, 5) is 12.7. The van der Waals surface area contributed by atoms with Crippen molar-refractivity contribution in [3.8, 4) is 10.6 Å². The van der Waals surface area contributed by atoms with Gasteiger partial charge in [0.15, 0.2) is 0 Å². The molecule has 1 aliphatic rings. The highest BCUT2D eigenvalue weighted by molar-refractivity contribution is 7.88. The first-order chi connectivity index (χ1) is 15.7. The molecule has 1 saturated heterocycles. The van der Waals surface area contributed by atoms with Gasteiger partial charge >= 0.3 is 0 Å². The number of sulfonamides is 1. The molecule has 0 unspecified atom stereocenters.